The Morgan fingerprint density at radius 2 is 2.03 bits per heavy atom. The molecule has 2 N–H and O–H groups in total. The number of hydrogen-bond acceptors (Lipinski definition) is 7. The van der Waals surface area contributed by atoms with Crippen molar-refractivity contribution >= 4 is 29.3 Å². The summed E-state index contributed by atoms with van der Waals surface area (Å²) < 4.78 is 0. The summed E-state index contributed by atoms with van der Waals surface area (Å²) in [6, 6.07) is 0. The fourth-order valence-corrected chi connectivity index (χ4v) is 4.91. The van der Waals surface area contributed by atoms with Crippen molar-refractivity contribution in [2.45, 2.75) is 40.0 Å². The van der Waals surface area contributed by atoms with E-state index in [9.17, 15) is 4.79 Å². The predicted molar refractivity (Wildman–Crippen MR) is 137 cm³/mol. The number of aryl methyl sites for hydroxylation is 2. The molecule has 0 radical (unpaired) electrons. The predicted octanol–water partition coefficient (Wildman–Crippen LogP) is 3.61. The fourth-order valence-electron chi connectivity index (χ4n) is 4.75. The number of amidine groups is 1. The minimum Gasteiger partial charge on any atom is -0.397 e. The molecule has 0 aromatic carbocycles. The number of aliphatic imine (C=N–C) groups is 1. The first kappa shape index (κ1) is 24.4. The van der Waals surface area contributed by atoms with Crippen molar-refractivity contribution in [3.05, 3.63) is 63.7 Å². The summed E-state index contributed by atoms with van der Waals surface area (Å²) in [7, 11) is 2.17. The van der Waals surface area contributed by atoms with E-state index in [0.29, 0.717) is 35.1 Å². The van der Waals surface area contributed by atoms with Gasteiger partial charge in [0.25, 0.3) is 0 Å². The number of ketones is 1. The lowest BCUT2D eigenvalue weighted by Gasteiger charge is -2.36. The molecule has 1 fully saturated rings. The third kappa shape index (κ3) is 5.00. The molecule has 3 aliphatic rings. The maximum atomic E-state index is 12.8. The van der Waals surface area contributed by atoms with Crippen LogP contribution in [0.3, 0.4) is 0 Å². The number of carbonyl (C=O) groups is 1. The summed E-state index contributed by atoms with van der Waals surface area (Å²) in [5.74, 6) is 1.06. The Bertz CT molecular complexity index is 1140. The Balaban J connectivity index is 1.70. The molecule has 0 bridgehead atoms. The largest absolute Gasteiger partial charge is 0.397 e. The van der Waals surface area contributed by atoms with Crippen LogP contribution in [0, 0.1) is 12.8 Å². The van der Waals surface area contributed by atoms with Gasteiger partial charge in [-0.15, -0.1) is 11.6 Å². The van der Waals surface area contributed by atoms with E-state index in [1.807, 2.05) is 13.8 Å². The zero-order valence-electron chi connectivity index (χ0n) is 20.4. The number of Topliss-reactive ketones (excluding diaryl/α,β-unsaturated/α-hetero) is 1. The molecule has 0 saturated carbocycles. The van der Waals surface area contributed by atoms with E-state index in [2.05, 4.69) is 46.0 Å². The van der Waals surface area contributed by atoms with Crippen LogP contribution in [0.2, 0.25) is 0 Å². The summed E-state index contributed by atoms with van der Waals surface area (Å²) in [6.07, 6.45) is 10.9. The second-order valence-corrected chi connectivity index (χ2v) is 9.55. The third-order valence-electron chi connectivity index (χ3n) is 6.69. The number of aromatic nitrogens is 2. The molecule has 7 nitrogen and oxygen atoms in total. The van der Waals surface area contributed by atoms with Gasteiger partial charge >= 0.3 is 0 Å². The van der Waals surface area contributed by atoms with E-state index >= 15 is 0 Å². The third-order valence-corrected chi connectivity index (χ3v) is 6.93. The van der Waals surface area contributed by atoms with Crippen LogP contribution in [-0.4, -0.2) is 63.9 Å². The Hall–Kier alpha value is -2.77. The van der Waals surface area contributed by atoms with Crippen molar-refractivity contribution in [3.63, 3.8) is 0 Å². The lowest BCUT2D eigenvalue weighted by molar-refractivity contribution is -0.113. The molecule has 0 atom stereocenters. The molecule has 0 aliphatic carbocycles. The number of allylic oxidation sites excluding steroid dienone is 2. The van der Waals surface area contributed by atoms with Crippen molar-refractivity contribution in [2.24, 2.45) is 16.6 Å². The lowest BCUT2D eigenvalue weighted by atomic mass is 9.87. The first-order chi connectivity index (χ1) is 16.3. The number of fused-ring (bicyclic) bond motifs is 1. The Kier molecular flexibility index (Phi) is 7.33. The number of carbonyl (C=O) groups excluding carboxylic acids is 1. The van der Waals surface area contributed by atoms with Gasteiger partial charge in [0.05, 0.1) is 40.9 Å². The molecule has 1 saturated heterocycles. The normalized spacial score (nSPS) is 20.1. The number of hydrogen-bond donors (Lipinski definition) is 1. The second kappa shape index (κ2) is 10.2. The molecule has 180 valence electrons. The number of nitrogens with two attached hydrogens (primary N) is 1. The topological polar surface area (TPSA) is 87.7 Å². The van der Waals surface area contributed by atoms with Gasteiger partial charge in [-0.25, -0.2) is 4.99 Å². The summed E-state index contributed by atoms with van der Waals surface area (Å²) in [5.41, 5.74) is 12.7. The van der Waals surface area contributed by atoms with Crippen LogP contribution < -0.4 is 5.73 Å². The minimum atomic E-state index is -0.164. The van der Waals surface area contributed by atoms with E-state index in [1.165, 1.54) is 5.57 Å². The van der Waals surface area contributed by atoms with E-state index in [4.69, 9.17) is 22.3 Å². The quantitative estimate of drug-likeness (QED) is 0.626. The van der Waals surface area contributed by atoms with Crippen molar-refractivity contribution in [1.29, 1.82) is 0 Å². The molecule has 1 aromatic rings. The van der Waals surface area contributed by atoms with Crippen molar-refractivity contribution < 1.29 is 4.79 Å². The van der Waals surface area contributed by atoms with Crippen LogP contribution in [0.25, 0.3) is 6.08 Å². The van der Waals surface area contributed by atoms with Crippen LogP contribution in [0.15, 0.2) is 51.6 Å². The zero-order valence-corrected chi connectivity index (χ0v) is 21.2. The number of piperidine rings is 1. The molecule has 4 rings (SSSR count). The van der Waals surface area contributed by atoms with Crippen LogP contribution in [0.4, 0.5) is 0 Å². The van der Waals surface area contributed by atoms with E-state index in [-0.39, 0.29) is 11.7 Å². The number of alkyl halides is 1. The van der Waals surface area contributed by atoms with Gasteiger partial charge in [0, 0.05) is 18.0 Å². The van der Waals surface area contributed by atoms with E-state index in [1.54, 1.807) is 12.3 Å². The Labute approximate surface area is 206 Å². The molecule has 0 unspecified atom stereocenters. The average molecular weight is 481 g/mol. The highest BCUT2D eigenvalue weighted by atomic mass is 35.5. The monoisotopic (exact) mass is 480 g/mol. The highest BCUT2D eigenvalue weighted by molar-refractivity contribution is 6.30. The van der Waals surface area contributed by atoms with Gasteiger partial charge in [0.1, 0.15) is 5.84 Å². The fraction of sp³-hybridized carbons (Fsp3) is 0.462. The number of likely N-dealkylation sites (tertiary alicyclic amines) is 1. The average Bonchev–Trinajstić information content (AvgIpc) is 2.84. The molecule has 0 spiro atoms. The molecule has 8 heteroatoms. The van der Waals surface area contributed by atoms with E-state index in [0.717, 1.165) is 55.1 Å². The van der Waals surface area contributed by atoms with Gasteiger partial charge in [-0.3, -0.25) is 14.8 Å². The van der Waals surface area contributed by atoms with Crippen LogP contribution in [0.1, 0.15) is 43.8 Å². The molecule has 1 aromatic heterocycles. The number of halogens is 1. The van der Waals surface area contributed by atoms with Gasteiger partial charge in [0.15, 0.2) is 5.78 Å². The molecule has 3 aliphatic heterocycles. The van der Waals surface area contributed by atoms with Gasteiger partial charge in [-0.2, -0.15) is 0 Å². The minimum absolute atomic E-state index is 0.115. The molecule has 4 heterocycles. The van der Waals surface area contributed by atoms with Gasteiger partial charge in [-0.1, -0.05) is 13.0 Å². The zero-order chi connectivity index (χ0) is 24.4. The standard InChI is InChI=1S/C26H33ClN6O/c1-5-22-23(29-13-17(3)30-22)11-21(28)25-20(24(34)12-27)15-33-14-19(10-16(2)26(33)31-25)18-6-8-32(4)9-7-18/h10-11,13-14,18H,5-9,12,15,28H2,1-4H3. The SMILES string of the molecule is CCc1nc(C)cnc1C=C(N)C1=C(C(=O)CCl)CN2C=C(C3CCN(C)CC3)C=C(C)C2=N1. The first-order valence-electron chi connectivity index (χ1n) is 11.9. The molecule has 34 heavy (non-hydrogen) atoms. The Morgan fingerprint density at radius 1 is 1.29 bits per heavy atom. The summed E-state index contributed by atoms with van der Waals surface area (Å²) in [5, 5.41) is 0. The highest BCUT2D eigenvalue weighted by Crippen LogP contribution is 2.33. The summed E-state index contributed by atoms with van der Waals surface area (Å²) >= 11 is 5.98. The molecular formula is C26H33ClN6O. The van der Waals surface area contributed by atoms with Crippen molar-refractivity contribution in [1.82, 2.24) is 19.8 Å². The van der Waals surface area contributed by atoms with Crippen LogP contribution in [0.5, 0.6) is 0 Å². The van der Waals surface area contributed by atoms with Crippen LogP contribution >= 0.6 is 11.6 Å². The number of nitrogens with zero attached hydrogens (tertiary/aromatic N) is 5. The van der Waals surface area contributed by atoms with Crippen LogP contribution in [-0.2, 0) is 11.2 Å². The van der Waals surface area contributed by atoms with Gasteiger partial charge in [-0.05, 0) is 76.4 Å². The number of rotatable bonds is 6. The summed E-state index contributed by atoms with van der Waals surface area (Å²) in [6.45, 7) is 8.60. The summed E-state index contributed by atoms with van der Waals surface area (Å²) in [4.78, 5) is 31.2. The Morgan fingerprint density at radius 3 is 2.71 bits per heavy atom. The molecule has 0 amide bonds. The molecular weight excluding hydrogens is 448 g/mol. The highest BCUT2D eigenvalue weighted by Gasteiger charge is 2.31. The first-order valence-corrected chi connectivity index (χ1v) is 12.4. The second-order valence-electron chi connectivity index (χ2n) is 9.28. The van der Waals surface area contributed by atoms with Crippen molar-refractivity contribution in [3.8, 4) is 0 Å². The van der Waals surface area contributed by atoms with Crippen molar-refractivity contribution in [2.75, 3.05) is 32.6 Å². The maximum absolute atomic E-state index is 12.8. The maximum Gasteiger partial charge on any atom is 0.177 e. The van der Waals surface area contributed by atoms with E-state index < -0.39 is 0 Å². The van der Waals surface area contributed by atoms with Gasteiger partial charge in [0.2, 0.25) is 0 Å². The van der Waals surface area contributed by atoms with Gasteiger partial charge < -0.3 is 15.5 Å². The lowest BCUT2D eigenvalue weighted by Crippen LogP contribution is -2.38. The smallest absolute Gasteiger partial charge is 0.177 e.